The molecule has 0 fully saturated rings. The van der Waals surface area contributed by atoms with Gasteiger partial charge in [0.1, 0.15) is 17.4 Å². The van der Waals surface area contributed by atoms with Crippen molar-refractivity contribution in [2.75, 3.05) is 5.32 Å². The number of carbonyl (C=O) groups is 1. The summed E-state index contributed by atoms with van der Waals surface area (Å²) in [4.78, 5) is 12.2. The highest BCUT2D eigenvalue weighted by Gasteiger charge is 2.12. The number of phenols is 1. The van der Waals surface area contributed by atoms with Gasteiger partial charge in [-0.05, 0) is 36.8 Å². The first kappa shape index (κ1) is 15.6. The molecular weight excluding hydrogens is 300 g/mol. The monoisotopic (exact) mass is 312 g/mol. The highest BCUT2D eigenvalue weighted by molar-refractivity contribution is 6.31. The van der Waals surface area contributed by atoms with Crippen LogP contribution in [-0.4, -0.2) is 11.0 Å². The minimum Gasteiger partial charge on any atom is -0.507 e. The number of nitriles is 1. The first-order valence-corrected chi connectivity index (χ1v) is 6.87. The van der Waals surface area contributed by atoms with Gasteiger partial charge in [-0.25, -0.2) is 0 Å². The zero-order valence-electron chi connectivity index (χ0n) is 11.8. The number of phenolic OH excluding ortho intramolecular Hbond substituents is 1. The van der Waals surface area contributed by atoms with E-state index < -0.39 is 5.91 Å². The van der Waals surface area contributed by atoms with Gasteiger partial charge in [-0.2, -0.15) is 5.26 Å². The number of carbonyl (C=O) groups excluding carboxylic acids is 1. The number of hydrogen-bond donors (Lipinski definition) is 2. The third kappa shape index (κ3) is 3.46. The summed E-state index contributed by atoms with van der Waals surface area (Å²) in [5.41, 5.74) is 1.55. The summed E-state index contributed by atoms with van der Waals surface area (Å²) >= 11 is 6.00. The maximum Gasteiger partial charge on any atom is 0.266 e. The van der Waals surface area contributed by atoms with E-state index in [2.05, 4.69) is 5.32 Å². The number of para-hydroxylation sites is 1. The predicted octanol–water partition coefficient (Wildman–Crippen LogP) is 3.90. The quantitative estimate of drug-likeness (QED) is 0.667. The Morgan fingerprint density at radius 1 is 1.27 bits per heavy atom. The van der Waals surface area contributed by atoms with Gasteiger partial charge in [0.15, 0.2) is 0 Å². The lowest BCUT2D eigenvalue weighted by Crippen LogP contribution is -2.14. The van der Waals surface area contributed by atoms with Crippen molar-refractivity contribution in [3.05, 3.63) is 64.2 Å². The van der Waals surface area contributed by atoms with Crippen LogP contribution in [0.4, 0.5) is 5.69 Å². The van der Waals surface area contributed by atoms with Crippen LogP contribution >= 0.6 is 11.6 Å². The molecule has 22 heavy (non-hydrogen) atoms. The fourth-order valence-corrected chi connectivity index (χ4v) is 2.02. The van der Waals surface area contributed by atoms with Gasteiger partial charge in [0.05, 0.1) is 0 Å². The molecule has 0 saturated carbocycles. The van der Waals surface area contributed by atoms with Gasteiger partial charge in [0.2, 0.25) is 0 Å². The minimum absolute atomic E-state index is 0.00184. The van der Waals surface area contributed by atoms with Crippen molar-refractivity contribution >= 4 is 29.3 Å². The zero-order chi connectivity index (χ0) is 16.1. The molecule has 0 aliphatic carbocycles. The van der Waals surface area contributed by atoms with Crippen LogP contribution in [0.1, 0.15) is 11.1 Å². The van der Waals surface area contributed by atoms with E-state index in [9.17, 15) is 9.90 Å². The number of nitrogens with one attached hydrogen (secondary N) is 1. The van der Waals surface area contributed by atoms with E-state index in [0.29, 0.717) is 16.3 Å². The highest BCUT2D eigenvalue weighted by Crippen LogP contribution is 2.24. The highest BCUT2D eigenvalue weighted by atomic mass is 35.5. The second-order valence-electron chi connectivity index (χ2n) is 4.60. The Morgan fingerprint density at radius 2 is 2.00 bits per heavy atom. The summed E-state index contributed by atoms with van der Waals surface area (Å²) in [6.07, 6.45) is 1.34. The van der Waals surface area contributed by atoms with E-state index in [1.165, 1.54) is 12.1 Å². The molecule has 1 amide bonds. The van der Waals surface area contributed by atoms with Gasteiger partial charge < -0.3 is 10.4 Å². The van der Waals surface area contributed by atoms with E-state index in [1.807, 2.05) is 6.07 Å². The Bertz CT molecular complexity index is 791. The standard InChI is InChI=1S/C17H13ClN2O2/c1-11-14(18)6-4-7-15(11)20-17(22)13(10-19)9-12-5-2-3-8-16(12)21/h2-9,21H,1H3,(H,20,22)/b13-9+. The van der Waals surface area contributed by atoms with Crippen LogP contribution in [0.25, 0.3) is 6.08 Å². The van der Waals surface area contributed by atoms with Gasteiger partial charge in [0.25, 0.3) is 5.91 Å². The SMILES string of the molecule is Cc1c(Cl)cccc1NC(=O)/C(C#N)=C/c1ccccc1O. The number of benzene rings is 2. The lowest BCUT2D eigenvalue weighted by atomic mass is 10.1. The van der Waals surface area contributed by atoms with Crippen molar-refractivity contribution in [1.29, 1.82) is 5.26 Å². The van der Waals surface area contributed by atoms with Crippen LogP contribution in [0, 0.1) is 18.3 Å². The van der Waals surface area contributed by atoms with Crippen LogP contribution in [0.15, 0.2) is 48.0 Å². The van der Waals surface area contributed by atoms with Crippen LogP contribution in [0.5, 0.6) is 5.75 Å². The molecule has 0 aromatic heterocycles. The molecule has 4 nitrogen and oxygen atoms in total. The van der Waals surface area contributed by atoms with Crippen LogP contribution in [0.3, 0.4) is 0 Å². The average Bonchev–Trinajstić information content (AvgIpc) is 2.51. The molecule has 0 bridgehead atoms. The molecule has 0 spiro atoms. The third-order valence-electron chi connectivity index (χ3n) is 3.12. The summed E-state index contributed by atoms with van der Waals surface area (Å²) in [6.45, 7) is 1.77. The second kappa shape index (κ2) is 6.79. The van der Waals surface area contributed by atoms with Crippen molar-refractivity contribution in [3.63, 3.8) is 0 Å². The number of nitrogens with zero attached hydrogens (tertiary/aromatic N) is 1. The molecule has 0 aliphatic rings. The molecule has 2 aromatic carbocycles. The van der Waals surface area contributed by atoms with Crippen LogP contribution in [-0.2, 0) is 4.79 Å². The molecular formula is C17H13ClN2O2. The lowest BCUT2D eigenvalue weighted by molar-refractivity contribution is -0.112. The van der Waals surface area contributed by atoms with Crippen molar-refractivity contribution in [2.24, 2.45) is 0 Å². The van der Waals surface area contributed by atoms with Crippen molar-refractivity contribution < 1.29 is 9.90 Å². The third-order valence-corrected chi connectivity index (χ3v) is 3.53. The average molecular weight is 313 g/mol. The normalized spacial score (nSPS) is 10.9. The summed E-state index contributed by atoms with van der Waals surface area (Å²) in [5, 5.41) is 22.0. The summed E-state index contributed by atoms with van der Waals surface area (Å²) in [7, 11) is 0. The van der Waals surface area contributed by atoms with Crippen molar-refractivity contribution in [1.82, 2.24) is 0 Å². The Kier molecular flexibility index (Phi) is 4.82. The molecule has 2 aromatic rings. The molecule has 0 atom stereocenters. The van der Waals surface area contributed by atoms with Crippen molar-refractivity contribution in [2.45, 2.75) is 6.92 Å². The number of rotatable bonds is 3. The number of hydrogen-bond acceptors (Lipinski definition) is 3. The smallest absolute Gasteiger partial charge is 0.266 e. The topological polar surface area (TPSA) is 73.1 Å². The van der Waals surface area contributed by atoms with E-state index in [0.717, 1.165) is 5.56 Å². The second-order valence-corrected chi connectivity index (χ2v) is 5.00. The summed E-state index contributed by atoms with van der Waals surface area (Å²) in [5.74, 6) is -0.557. The van der Waals surface area contributed by atoms with Crippen LogP contribution < -0.4 is 5.32 Å². The zero-order valence-corrected chi connectivity index (χ0v) is 12.6. The molecule has 2 N–H and O–H groups in total. The van der Waals surface area contributed by atoms with Gasteiger partial charge in [0, 0.05) is 16.3 Å². The number of halogens is 1. The molecule has 5 heteroatoms. The Morgan fingerprint density at radius 3 is 2.68 bits per heavy atom. The molecule has 0 radical (unpaired) electrons. The number of anilines is 1. The fraction of sp³-hybridized carbons (Fsp3) is 0.0588. The van der Waals surface area contributed by atoms with Crippen molar-refractivity contribution in [3.8, 4) is 11.8 Å². The van der Waals surface area contributed by atoms with Crippen LogP contribution in [0.2, 0.25) is 5.02 Å². The summed E-state index contributed by atoms with van der Waals surface area (Å²) in [6, 6.07) is 13.4. The molecule has 0 saturated heterocycles. The predicted molar refractivity (Wildman–Crippen MR) is 86.5 cm³/mol. The van der Waals surface area contributed by atoms with E-state index in [1.54, 1.807) is 43.3 Å². The van der Waals surface area contributed by atoms with Gasteiger partial charge >= 0.3 is 0 Å². The minimum atomic E-state index is -0.559. The van der Waals surface area contributed by atoms with E-state index in [-0.39, 0.29) is 11.3 Å². The van der Waals surface area contributed by atoms with Gasteiger partial charge in [-0.1, -0.05) is 35.9 Å². The summed E-state index contributed by atoms with van der Waals surface area (Å²) < 4.78 is 0. The molecule has 110 valence electrons. The number of amides is 1. The maximum absolute atomic E-state index is 12.2. The Balaban J connectivity index is 2.29. The van der Waals surface area contributed by atoms with Gasteiger partial charge in [-0.15, -0.1) is 0 Å². The largest absolute Gasteiger partial charge is 0.507 e. The lowest BCUT2D eigenvalue weighted by Gasteiger charge is -2.09. The first-order chi connectivity index (χ1) is 10.5. The molecule has 0 heterocycles. The van der Waals surface area contributed by atoms with E-state index >= 15 is 0 Å². The molecule has 0 aliphatic heterocycles. The number of aromatic hydroxyl groups is 1. The molecule has 2 rings (SSSR count). The van der Waals surface area contributed by atoms with E-state index in [4.69, 9.17) is 16.9 Å². The Labute approximate surface area is 133 Å². The Hall–Kier alpha value is -2.77. The fourth-order valence-electron chi connectivity index (χ4n) is 1.85. The maximum atomic E-state index is 12.2. The van der Waals surface area contributed by atoms with Gasteiger partial charge in [-0.3, -0.25) is 4.79 Å². The first-order valence-electron chi connectivity index (χ1n) is 6.49. The molecule has 0 unspecified atom stereocenters.